The Labute approximate surface area is 225 Å². The van der Waals surface area contributed by atoms with Crippen molar-refractivity contribution in [1.82, 2.24) is 10.2 Å². The van der Waals surface area contributed by atoms with Gasteiger partial charge in [-0.25, -0.2) is 9.18 Å². The van der Waals surface area contributed by atoms with Crippen molar-refractivity contribution in [3.05, 3.63) is 100.0 Å². The van der Waals surface area contributed by atoms with E-state index in [9.17, 15) is 24.6 Å². The van der Waals surface area contributed by atoms with Crippen molar-refractivity contribution >= 4 is 17.7 Å². The number of ether oxygens (including phenoxy) is 1. The molecule has 2 aromatic rings. The van der Waals surface area contributed by atoms with Gasteiger partial charge in [0, 0.05) is 35.7 Å². The van der Waals surface area contributed by atoms with E-state index in [1.165, 1.54) is 18.2 Å². The zero-order valence-electron chi connectivity index (χ0n) is 21.7. The van der Waals surface area contributed by atoms with Gasteiger partial charge < -0.3 is 20.3 Å². The van der Waals surface area contributed by atoms with Crippen LogP contribution in [0.15, 0.2) is 83.0 Å². The van der Waals surface area contributed by atoms with Gasteiger partial charge in [0.1, 0.15) is 29.6 Å². The number of halogens is 1. The molecule has 1 unspecified atom stereocenters. The molecule has 0 fully saturated rings. The number of benzene rings is 2. The maximum Gasteiger partial charge on any atom is 0.395 e. The third-order valence-electron chi connectivity index (χ3n) is 7.17. The number of rotatable bonds is 4. The highest BCUT2D eigenvalue weighted by molar-refractivity contribution is 6.32. The largest absolute Gasteiger partial charge is 0.510 e. The SMILES string of the molecule is CC1(C)CC(=O)C2=C(C1)NC1=C(O)CCC=C1N(C(=O)C(=O)O)C2c1ccc(OCc2ccccc2)cc1F. The summed E-state index contributed by atoms with van der Waals surface area (Å²) in [4.78, 5) is 39.8. The van der Waals surface area contributed by atoms with Gasteiger partial charge in [0.2, 0.25) is 0 Å². The Morgan fingerprint density at radius 1 is 1.15 bits per heavy atom. The summed E-state index contributed by atoms with van der Waals surface area (Å²) in [6.45, 7) is 4.04. The van der Waals surface area contributed by atoms with E-state index in [1.54, 1.807) is 6.08 Å². The van der Waals surface area contributed by atoms with Crippen LogP contribution in [0.1, 0.15) is 56.7 Å². The first kappa shape index (κ1) is 26.2. The Hall–Kier alpha value is -4.40. The second-order valence-electron chi connectivity index (χ2n) is 10.7. The van der Waals surface area contributed by atoms with Crippen molar-refractivity contribution in [2.75, 3.05) is 0 Å². The zero-order chi connectivity index (χ0) is 27.9. The molecule has 0 radical (unpaired) electrons. The second kappa shape index (κ2) is 10.1. The van der Waals surface area contributed by atoms with Gasteiger partial charge in [-0.05, 0) is 36.0 Å². The van der Waals surface area contributed by atoms with E-state index < -0.39 is 29.2 Å². The summed E-state index contributed by atoms with van der Waals surface area (Å²) in [6, 6.07) is 12.1. The highest BCUT2D eigenvalue weighted by Crippen LogP contribution is 2.47. The van der Waals surface area contributed by atoms with E-state index in [1.807, 2.05) is 44.2 Å². The van der Waals surface area contributed by atoms with E-state index in [0.29, 0.717) is 18.5 Å². The number of carboxylic acid groups (broad SMARTS) is 1. The molecular weight excluding hydrogens is 503 g/mol. The number of aliphatic hydroxyl groups is 1. The summed E-state index contributed by atoms with van der Waals surface area (Å²) in [5.74, 6) is -4.01. The average Bonchev–Trinajstić information content (AvgIpc) is 3.02. The minimum Gasteiger partial charge on any atom is -0.510 e. The molecule has 3 N–H and O–H groups in total. The highest BCUT2D eigenvalue weighted by Gasteiger charge is 2.47. The molecule has 2 aliphatic carbocycles. The van der Waals surface area contributed by atoms with Crippen LogP contribution in [0.25, 0.3) is 0 Å². The summed E-state index contributed by atoms with van der Waals surface area (Å²) in [6.07, 6.45) is 2.74. The molecule has 8 nitrogen and oxygen atoms in total. The first-order valence-electron chi connectivity index (χ1n) is 12.7. The molecule has 0 saturated carbocycles. The van der Waals surface area contributed by atoms with Gasteiger partial charge in [0.15, 0.2) is 5.78 Å². The van der Waals surface area contributed by atoms with Crippen molar-refractivity contribution in [2.24, 2.45) is 5.41 Å². The number of nitrogens with zero attached hydrogens (tertiary/aromatic N) is 1. The van der Waals surface area contributed by atoms with Crippen LogP contribution in [0.5, 0.6) is 5.75 Å². The number of allylic oxidation sites excluding steroid dienone is 3. The fraction of sp³-hybridized carbons (Fsp3) is 0.300. The molecule has 1 amide bonds. The van der Waals surface area contributed by atoms with Gasteiger partial charge in [-0.15, -0.1) is 0 Å². The van der Waals surface area contributed by atoms with Gasteiger partial charge in [0.05, 0.1) is 11.7 Å². The maximum atomic E-state index is 15.9. The van der Waals surface area contributed by atoms with Crippen LogP contribution in [0.2, 0.25) is 0 Å². The molecule has 39 heavy (non-hydrogen) atoms. The molecule has 1 heterocycles. The molecule has 2 aromatic carbocycles. The van der Waals surface area contributed by atoms with Crippen LogP contribution in [0, 0.1) is 11.2 Å². The summed E-state index contributed by atoms with van der Waals surface area (Å²) in [5.41, 5.74) is 1.19. The quantitative estimate of drug-likeness (QED) is 0.472. The van der Waals surface area contributed by atoms with E-state index >= 15 is 4.39 Å². The number of Topliss-reactive ketones (excluding diaryl/α,β-unsaturated/α-hetero) is 1. The highest BCUT2D eigenvalue weighted by atomic mass is 19.1. The Kier molecular flexibility index (Phi) is 6.76. The second-order valence-corrected chi connectivity index (χ2v) is 10.7. The van der Waals surface area contributed by atoms with E-state index in [4.69, 9.17) is 4.74 Å². The van der Waals surface area contributed by atoms with Crippen LogP contribution in [0.3, 0.4) is 0 Å². The van der Waals surface area contributed by atoms with E-state index in [-0.39, 0.29) is 59.3 Å². The lowest BCUT2D eigenvalue weighted by molar-refractivity contribution is -0.155. The predicted molar refractivity (Wildman–Crippen MR) is 140 cm³/mol. The molecule has 9 heteroatoms. The van der Waals surface area contributed by atoms with Crippen molar-refractivity contribution < 1.29 is 33.7 Å². The number of amides is 1. The summed E-state index contributed by atoms with van der Waals surface area (Å²) in [5, 5.41) is 23.6. The first-order chi connectivity index (χ1) is 18.6. The molecule has 202 valence electrons. The number of aliphatic carboxylic acids is 1. The van der Waals surface area contributed by atoms with Crippen molar-refractivity contribution in [1.29, 1.82) is 0 Å². The van der Waals surface area contributed by atoms with Crippen molar-refractivity contribution in [3.63, 3.8) is 0 Å². The molecule has 3 aliphatic rings. The maximum absolute atomic E-state index is 15.9. The molecule has 0 spiro atoms. The van der Waals surface area contributed by atoms with E-state index in [0.717, 1.165) is 10.5 Å². The molecule has 1 aliphatic heterocycles. The van der Waals surface area contributed by atoms with Crippen LogP contribution in [-0.2, 0) is 21.0 Å². The Morgan fingerprint density at radius 2 is 1.90 bits per heavy atom. The third kappa shape index (κ3) is 5.04. The Balaban J connectivity index is 1.65. The minimum absolute atomic E-state index is 0.0498. The van der Waals surface area contributed by atoms with Crippen molar-refractivity contribution in [2.45, 2.75) is 52.2 Å². The number of hydrogen-bond donors (Lipinski definition) is 3. The molecule has 5 rings (SSSR count). The van der Waals surface area contributed by atoms with E-state index in [2.05, 4.69) is 5.32 Å². The fourth-order valence-electron chi connectivity index (χ4n) is 5.44. The van der Waals surface area contributed by atoms with Gasteiger partial charge >= 0.3 is 11.9 Å². The summed E-state index contributed by atoms with van der Waals surface area (Å²) in [7, 11) is 0. The monoisotopic (exact) mass is 532 g/mol. The number of nitrogens with one attached hydrogen (secondary N) is 1. The van der Waals surface area contributed by atoms with Gasteiger partial charge in [-0.2, -0.15) is 0 Å². The number of carbonyl (C=O) groups excluding carboxylic acids is 2. The number of carboxylic acids is 1. The van der Waals surface area contributed by atoms with Gasteiger partial charge in [-0.1, -0.05) is 50.3 Å². The Morgan fingerprint density at radius 3 is 2.59 bits per heavy atom. The topological polar surface area (TPSA) is 116 Å². The summed E-state index contributed by atoms with van der Waals surface area (Å²) < 4.78 is 21.6. The molecule has 0 bridgehead atoms. The number of carbonyl (C=O) groups is 3. The lowest BCUT2D eigenvalue weighted by Gasteiger charge is -2.36. The lowest BCUT2D eigenvalue weighted by atomic mass is 9.73. The van der Waals surface area contributed by atoms with Gasteiger partial charge in [0.25, 0.3) is 0 Å². The van der Waals surface area contributed by atoms with Crippen LogP contribution >= 0.6 is 0 Å². The average molecular weight is 533 g/mol. The van der Waals surface area contributed by atoms with Crippen molar-refractivity contribution in [3.8, 4) is 5.75 Å². The standard InChI is InChI=1S/C30H29FN2O6/c1-30(2)14-21-25(24(35)15-30)27(33(28(36)29(37)38)22-9-6-10-23(34)26(22)32-21)19-12-11-18(13-20(19)31)39-16-17-7-4-3-5-8-17/h3-5,7-9,11-13,27,32,34H,6,10,14-16H2,1-2H3,(H,37,38). The fourth-order valence-corrected chi connectivity index (χ4v) is 5.44. The molecule has 0 saturated heterocycles. The zero-order valence-corrected chi connectivity index (χ0v) is 21.7. The molecule has 1 atom stereocenters. The first-order valence-corrected chi connectivity index (χ1v) is 12.7. The number of aliphatic hydroxyl groups excluding tert-OH is 1. The third-order valence-corrected chi connectivity index (χ3v) is 7.17. The van der Waals surface area contributed by atoms with Crippen LogP contribution < -0.4 is 10.1 Å². The Bertz CT molecular complexity index is 1460. The molecule has 0 aromatic heterocycles. The lowest BCUT2D eigenvalue weighted by Crippen LogP contribution is -2.42. The van der Waals surface area contributed by atoms with Crippen LogP contribution in [-0.4, -0.2) is 32.8 Å². The number of ketones is 1. The van der Waals surface area contributed by atoms with Gasteiger partial charge in [-0.3, -0.25) is 14.5 Å². The summed E-state index contributed by atoms with van der Waals surface area (Å²) >= 11 is 0. The number of fused-ring (bicyclic) bond motifs is 1. The number of hydrogen-bond acceptors (Lipinski definition) is 6. The van der Waals surface area contributed by atoms with Crippen LogP contribution in [0.4, 0.5) is 4.39 Å². The molecular formula is C30H29FN2O6. The predicted octanol–water partition coefficient (Wildman–Crippen LogP) is 5.05. The smallest absolute Gasteiger partial charge is 0.395 e. The minimum atomic E-state index is -1.76. The normalized spacial score (nSPS) is 20.4.